The Morgan fingerprint density at radius 1 is 0.755 bits per heavy atom. The van der Waals surface area contributed by atoms with E-state index in [4.69, 9.17) is 4.74 Å². The normalized spacial score (nSPS) is 15.0. The van der Waals surface area contributed by atoms with Crippen molar-refractivity contribution in [2.45, 2.75) is 85.9 Å². The molecule has 0 amide bonds. The molecule has 0 aliphatic carbocycles. The summed E-state index contributed by atoms with van der Waals surface area (Å²) in [6, 6.07) is 31.6. The number of hydrogen-bond donors (Lipinski definition) is 0. The Bertz CT molecular complexity index is 2290. The number of ether oxygens (including phenoxy) is 1. The van der Waals surface area contributed by atoms with Crippen LogP contribution < -0.4 is 13.9 Å². The second-order valence-corrected chi connectivity index (χ2v) is 16.7. The van der Waals surface area contributed by atoms with Crippen molar-refractivity contribution < 1.29 is 13.9 Å². The zero-order chi connectivity index (χ0) is 34.6. The smallest absolute Gasteiger partial charge is 0.330 e. The van der Waals surface area contributed by atoms with Crippen LogP contribution in [0.3, 0.4) is 0 Å². The van der Waals surface area contributed by atoms with E-state index >= 15 is 0 Å². The van der Waals surface area contributed by atoms with Crippen molar-refractivity contribution in [2.75, 3.05) is 0 Å². The molecule has 1 atom stereocenters. The maximum absolute atomic E-state index is 7.68. The first-order chi connectivity index (χ1) is 23.2. The van der Waals surface area contributed by atoms with Gasteiger partial charge in [0.15, 0.2) is 17.2 Å². The van der Waals surface area contributed by atoms with Gasteiger partial charge in [-0.1, -0.05) is 110 Å². The summed E-state index contributed by atoms with van der Waals surface area (Å²) < 4.78 is 15.1. The average molecular weight is 648 g/mol. The summed E-state index contributed by atoms with van der Waals surface area (Å²) in [5.74, 6) is 2.64. The van der Waals surface area contributed by atoms with Gasteiger partial charge in [0.25, 0.3) is 5.82 Å². The van der Waals surface area contributed by atoms with Crippen molar-refractivity contribution in [1.29, 1.82) is 0 Å². The second-order valence-electron chi connectivity index (χ2n) is 16.7. The molecule has 1 unspecified atom stereocenters. The van der Waals surface area contributed by atoms with Crippen LogP contribution >= 0.6 is 0 Å². The SMILES string of the molecule is Cc1c[n+]2c(cc1-c1ccccc1)-c1cccc3c1C2Oc1c(cc(C(C)(C)C)cc1C(C)(C)C)-c1n(CC(C)C)c2cccc-3c2[n+]1C. The van der Waals surface area contributed by atoms with Gasteiger partial charge in [0, 0.05) is 28.3 Å². The van der Waals surface area contributed by atoms with E-state index in [-0.39, 0.29) is 17.1 Å². The summed E-state index contributed by atoms with van der Waals surface area (Å²) in [6.45, 7) is 21.7. The Morgan fingerprint density at radius 2 is 1.45 bits per heavy atom. The highest BCUT2D eigenvalue weighted by atomic mass is 16.5. The first kappa shape index (κ1) is 31.6. The van der Waals surface area contributed by atoms with Crippen molar-refractivity contribution in [3.05, 3.63) is 113 Å². The number of imidazole rings is 1. The number of fused-ring (bicyclic) bond motifs is 7. The number of benzene rings is 4. The fraction of sp³-hybridized carbons (Fsp3) is 0.333. The molecule has 4 heteroatoms. The van der Waals surface area contributed by atoms with Gasteiger partial charge in [0.05, 0.1) is 24.7 Å². The van der Waals surface area contributed by atoms with Gasteiger partial charge in [-0.3, -0.25) is 0 Å². The molecule has 248 valence electrons. The van der Waals surface area contributed by atoms with E-state index in [0.29, 0.717) is 5.92 Å². The maximum atomic E-state index is 7.68. The van der Waals surface area contributed by atoms with Gasteiger partial charge in [0.1, 0.15) is 11.3 Å². The molecule has 2 aliphatic rings. The molecule has 6 aromatic rings. The average Bonchev–Trinajstić information content (AvgIpc) is 3.49. The van der Waals surface area contributed by atoms with Crippen molar-refractivity contribution in [1.82, 2.24) is 4.57 Å². The Balaban J connectivity index is 1.54. The lowest BCUT2D eigenvalue weighted by Crippen LogP contribution is -2.42. The molecule has 2 bridgehead atoms. The van der Waals surface area contributed by atoms with E-state index in [9.17, 15) is 0 Å². The van der Waals surface area contributed by atoms with Crippen LogP contribution in [0.1, 0.15) is 83.9 Å². The minimum absolute atomic E-state index is 0.0393. The summed E-state index contributed by atoms with van der Waals surface area (Å²) >= 11 is 0. The zero-order valence-electron chi connectivity index (χ0n) is 30.8. The van der Waals surface area contributed by atoms with Gasteiger partial charge < -0.3 is 4.74 Å². The molecule has 0 saturated carbocycles. The Labute approximate surface area is 291 Å². The van der Waals surface area contributed by atoms with Crippen LogP contribution in [0.15, 0.2) is 91.1 Å². The molecule has 8 rings (SSSR count). The van der Waals surface area contributed by atoms with Crippen LogP contribution in [0.5, 0.6) is 5.75 Å². The predicted molar refractivity (Wildman–Crippen MR) is 201 cm³/mol. The number of rotatable bonds is 3. The fourth-order valence-electron chi connectivity index (χ4n) is 8.18. The van der Waals surface area contributed by atoms with Gasteiger partial charge in [0.2, 0.25) is 5.69 Å². The van der Waals surface area contributed by atoms with Crippen molar-refractivity contribution in [3.63, 3.8) is 0 Å². The zero-order valence-corrected chi connectivity index (χ0v) is 30.8. The first-order valence-corrected chi connectivity index (χ1v) is 17.9. The van der Waals surface area contributed by atoms with Gasteiger partial charge in [-0.05, 0) is 64.6 Å². The largest absolute Gasteiger partial charge is 0.428 e. The van der Waals surface area contributed by atoms with Gasteiger partial charge >= 0.3 is 6.23 Å². The molecule has 0 fully saturated rings. The summed E-state index contributed by atoms with van der Waals surface area (Å²) in [5, 5.41) is 0. The minimum Gasteiger partial charge on any atom is -0.428 e. The van der Waals surface area contributed by atoms with E-state index in [1.165, 1.54) is 72.6 Å². The molecule has 2 aliphatic heterocycles. The van der Waals surface area contributed by atoms with Crippen LogP contribution in [0.4, 0.5) is 0 Å². The molecule has 0 saturated heterocycles. The Kier molecular flexibility index (Phi) is 7.02. The number of nitrogens with zero attached hydrogens (tertiary/aromatic N) is 3. The van der Waals surface area contributed by atoms with E-state index in [2.05, 4.69) is 174 Å². The van der Waals surface area contributed by atoms with E-state index in [0.717, 1.165) is 17.9 Å². The van der Waals surface area contributed by atoms with Crippen LogP contribution in [0.25, 0.3) is 55.9 Å². The second kappa shape index (κ2) is 10.9. The highest BCUT2D eigenvalue weighted by molar-refractivity contribution is 5.95. The van der Waals surface area contributed by atoms with Gasteiger partial charge in [-0.25, -0.2) is 9.13 Å². The number of pyridine rings is 1. The molecular weight excluding hydrogens is 599 g/mol. The monoisotopic (exact) mass is 647 g/mol. The summed E-state index contributed by atoms with van der Waals surface area (Å²) in [6.07, 6.45) is 1.99. The highest BCUT2D eigenvalue weighted by Gasteiger charge is 2.45. The first-order valence-electron chi connectivity index (χ1n) is 17.9. The highest BCUT2D eigenvalue weighted by Crippen LogP contribution is 2.49. The third-order valence-corrected chi connectivity index (χ3v) is 10.6. The van der Waals surface area contributed by atoms with Crippen LogP contribution in [0, 0.1) is 12.8 Å². The van der Waals surface area contributed by atoms with E-state index in [1.54, 1.807) is 0 Å². The molecule has 0 N–H and O–H groups in total. The summed E-state index contributed by atoms with van der Waals surface area (Å²) in [7, 11) is 2.25. The van der Waals surface area contributed by atoms with Crippen molar-refractivity contribution in [2.24, 2.45) is 13.0 Å². The topological polar surface area (TPSA) is 21.9 Å². The number of aromatic nitrogens is 3. The van der Waals surface area contributed by atoms with Gasteiger partial charge in [-0.15, -0.1) is 0 Å². The molecule has 4 nitrogen and oxygen atoms in total. The summed E-state index contributed by atoms with van der Waals surface area (Å²) in [5.41, 5.74) is 15.9. The fourth-order valence-corrected chi connectivity index (χ4v) is 8.18. The Hall–Kier alpha value is -4.70. The molecule has 2 aromatic heterocycles. The maximum Gasteiger partial charge on any atom is 0.330 e. The standard InChI is InChI=1S/C45H49N3O/c1-27(2)25-47-37-21-15-19-32-31-18-14-20-33-38-24-34(29-16-12-11-13-17-29)28(3)26-48(38)43(39(31)33)49-41-35(42(47)46(10)40(32)37)22-30(44(4,5)6)23-36(41)45(7,8)9/h11-24,26-27,43H,25H2,1-10H3/q+2. The van der Waals surface area contributed by atoms with E-state index in [1.807, 2.05) is 0 Å². The lowest BCUT2D eigenvalue weighted by molar-refractivity contribution is -0.728. The predicted octanol–water partition coefficient (Wildman–Crippen LogP) is 10.2. The third kappa shape index (κ3) is 4.86. The van der Waals surface area contributed by atoms with Crippen LogP contribution in [0.2, 0.25) is 0 Å². The number of para-hydroxylation sites is 1. The molecule has 0 spiro atoms. The molecule has 0 radical (unpaired) electrons. The van der Waals surface area contributed by atoms with Gasteiger partial charge in [-0.2, -0.15) is 4.57 Å². The lowest BCUT2D eigenvalue weighted by atomic mass is 9.78. The molecular formula is C45H49N3O+2. The van der Waals surface area contributed by atoms with Crippen LogP contribution in [-0.2, 0) is 24.4 Å². The lowest BCUT2D eigenvalue weighted by Gasteiger charge is -2.29. The number of aryl methyl sites for hydroxylation is 2. The number of hydrogen-bond acceptors (Lipinski definition) is 1. The quantitative estimate of drug-likeness (QED) is 0.175. The summed E-state index contributed by atoms with van der Waals surface area (Å²) in [4.78, 5) is 0. The molecule has 49 heavy (non-hydrogen) atoms. The molecule has 4 aromatic carbocycles. The minimum atomic E-state index is -0.331. The molecule has 4 heterocycles. The Morgan fingerprint density at radius 3 is 2.14 bits per heavy atom. The third-order valence-electron chi connectivity index (χ3n) is 10.6. The van der Waals surface area contributed by atoms with Crippen molar-refractivity contribution >= 4 is 11.0 Å². The van der Waals surface area contributed by atoms with E-state index < -0.39 is 0 Å². The van der Waals surface area contributed by atoms with Crippen LogP contribution in [-0.4, -0.2) is 4.57 Å². The van der Waals surface area contributed by atoms with Crippen molar-refractivity contribution in [3.8, 4) is 50.6 Å².